The van der Waals surface area contributed by atoms with Gasteiger partial charge in [0.2, 0.25) is 0 Å². The second-order valence-corrected chi connectivity index (χ2v) is 4.29. The molecule has 1 aromatic rings. The van der Waals surface area contributed by atoms with E-state index in [9.17, 15) is 0 Å². The molecule has 0 radical (unpaired) electrons. The van der Waals surface area contributed by atoms with E-state index in [1.807, 2.05) is 7.05 Å². The summed E-state index contributed by atoms with van der Waals surface area (Å²) in [5, 5.41) is 3.16. The topological polar surface area (TPSA) is 12.0 Å². The fourth-order valence-electron chi connectivity index (χ4n) is 1.71. The average Bonchev–Trinajstić information content (AvgIpc) is 2.87. The van der Waals surface area contributed by atoms with Crippen LogP contribution in [0.5, 0.6) is 0 Å². The van der Waals surface area contributed by atoms with E-state index in [1.165, 1.54) is 24.0 Å². The Hall–Kier alpha value is -0.820. The fraction of sp³-hybridized carbons (Fsp3) is 0.500. The van der Waals surface area contributed by atoms with Crippen LogP contribution in [0.2, 0.25) is 0 Å². The molecule has 1 saturated carbocycles. The van der Waals surface area contributed by atoms with Gasteiger partial charge in [-0.15, -0.1) is 0 Å². The van der Waals surface area contributed by atoms with Crippen LogP contribution in [0.3, 0.4) is 0 Å². The molecule has 1 aliphatic rings. The van der Waals surface area contributed by atoms with Gasteiger partial charge in [-0.1, -0.05) is 31.2 Å². The smallest absolute Gasteiger partial charge is 0.0202 e. The van der Waals surface area contributed by atoms with Gasteiger partial charge in [0.1, 0.15) is 0 Å². The van der Waals surface area contributed by atoms with Gasteiger partial charge in [0.25, 0.3) is 0 Å². The van der Waals surface area contributed by atoms with E-state index in [2.05, 4.69) is 36.5 Å². The third kappa shape index (κ3) is 1.75. The van der Waals surface area contributed by atoms with Crippen LogP contribution in [-0.4, -0.2) is 7.05 Å². The molecule has 1 fully saturated rings. The molecule has 0 heterocycles. The minimum absolute atomic E-state index is 0.512. The van der Waals surface area contributed by atoms with E-state index in [0.29, 0.717) is 5.41 Å². The molecule has 0 unspecified atom stereocenters. The highest BCUT2D eigenvalue weighted by Gasteiger charge is 2.38. The van der Waals surface area contributed by atoms with Gasteiger partial charge in [-0.2, -0.15) is 0 Å². The monoisotopic (exact) mass is 175 g/mol. The minimum atomic E-state index is 0.512. The number of hydrogen-bond acceptors (Lipinski definition) is 1. The van der Waals surface area contributed by atoms with Crippen molar-refractivity contribution in [2.45, 2.75) is 31.7 Å². The Morgan fingerprint density at radius 2 is 1.85 bits per heavy atom. The van der Waals surface area contributed by atoms with E-state index < -0.39 is 0 Å². The molecule has 13 heavy (non-hydrogen) atoms. The van der Waals surface area contributed by atoms with Gasteiger partial charge >= 0.3 is 0 Å². The Balaban J connectivity index is 2.14. The molecule has 0 aliphatic heterocycles. The average molecular weight is 175 g/mol. The molecule has 0 bridgehead atoms. The van der Waals surface area contributed by atoms with Crippen LogP contribution in [0.25, 0.3) is 0 Å². The van der Waals surface area contributed by atoms with Crippen LogP contribution in [0.4, 0.5) is 0 Å². The van der Waals surface area contributed by atoms with Gasteiger partial charge in [0, 0.05) is 6.54 Å². The molecule has 1 N–H and O–H groups in total. The molecule has 0 atom stereocenters. The Kier molecular flexibility index (Phi) is 2.12. The summed E-state index contributed by atoms with van der Waals surface area (Å²) in [7, 11) is 1.98. The zero-order chi connectivity index (χ0) is 9.31. The van der Waals surface area contributed by atoms with Gasteiger partial charge < -0.3 is 5.32 Å². The molecule has 1 aromatic carbocycles. The van der Waals surface area contributed by atoms with Gasteiger partial charge in [-0.05, 0) is 36.4 Å². The van der Waals surface area contributed by atoms with E-state index in [4.69, 9.17) is 0 Å². The van der Waals surface area contributed by atoms with Crippen LogP contribution in [0.1, 0.15) is 30.9 Å². The first-order valence-electron chi connectivity index (χ1n) is 4.99. The Bertz CT molecular complexity index is 282. The molecule has 1 heteroatoms. The Morgan fingerprint density at radius 1 is 1.23 bits per heavy atom. The number of nitrogens with one attached hydrogen (secondary N) is 1. The van der Waals surface area contributed by atoms with E-state index in [1.54, 1.807) is 0 Å². The molecule has 2 rings (SSSR count). The van der Waals surface area contributed by atoms with Gasteiger partial charge in [0.15, 0.2) is 0 Å². The van der Waals surface area contributed by atoms with Crippen molar-refractivity contribution in [2.75, 3.05) is 7.05 Å². The van der Waals surface area contributed by atoms with Gasteiger partial charge in [0.05, 0.1) is 0 Å². The van der Waals surface area contributed by atoms with Crippen molar-refractivity contribution in [1.82, 2.24) is 5.32 Å². The molecule has 1 nitrogen and oxygen atoms in total. The van der Waals surface area contributed by atoms with Crippen molar-refractivity contribution >= 4 is 0 Å². The highest BCUT2D eigenvalue weighted by atomic mass is 14.8. The first-order valence-corrected chi connectivity index (χ1v) is 4.99. The second-order valence-electron chi connectivity index (χ2n) is 4.29. The number of rotatable bonds is 3. The van der Waals surface area contributed by atoms with Crippen LogP contribution in [-0.2, 0) is 12.0 Å². The summed E-state index contributed by atoms with van der Waals surface area (Å²) in [6, 6.07) is 9.02. The summed E-state index contributed by atoms with van der Waals surface area (Å²) in [4.78, 5) is 0. The van der Waals surface area contributed by atoms with Crippen molar-refractivity contribution in [3.63, 3.8) is 0 Å². The van der Waals surface area contributed by atoms with Crippen LogP contribution < -0.4 is 5.32 Å². The fourth-order valence-corrected chi connectivity index (χ4v) is 1.71. The maximum Gasteiger partial charge on any atom is 0.0202 e. The van der Waals surface area contributed by atoms with E-state index >= 15 is 0 Å². The predicted molar refractivity (Wildman–Crippen MR) is 55.8 cm³/mol. The molecule has 1 aliphatic carbocycles. The maximum absolute atomic E-state index is 3.16. The van der Waals surface area contributed by atoms with Crippen molar-refractivity contribution < 1.29 is 0 Å². The third-order valence-corrected chi connectivity index (χ3v) is 3.03. The van der Waals surface area contributed by atoms with Gasteiger partial charge in [-0.3, -0.25) is 0 Å². The van der Waals surface area contributed by atoms with Gasteiger partial charge in [-0.25, -0.2) is 0 Å². The van der Waals surface area contributed by atoms with Crippen molar-refractivity contribution in [2.24, 2.45) is 0 Å². The number of hydrogen-bond donors (Lipinski definition) is 1. The zero-order valence-electron chi connectivity index (χ0n) is 8.43. The maximum atomic E-state index is 3.16. The molecule has 0 saturated heterocycles. The minimum Gasteiger partial charge on any atom is -0.316 e. The quantitative estimate of drug-likeness (QED) is 0.744. The molecular formula is C12H17N. The number of benzene rings is 1. The Morgan fingerprint density at radius 3 is 2.31 bits per heavy atom. The SMILES string of the molecule is CNCc1ccc(C2(C)CC2)cc1. The van der Waals surface area contributed by atoms with Crippen molar-refractivity contribution in [3.05, 3.63) is 35.4 Å². The summed E-state index contributed by atoms with van der Waals surface area (Å²) in [5.41, 5.74) is 3.39. The highest BCUT2D eigenvalue weighted by Crippen LogP contribution is 2.47. The summed E-state index contributed by atoms with van der Waals surface area (Å²) in [6.07, 6.45) is 2.72. The normalized spacial score (nSPS) is 18.6. The van der Waals surface area contributed by atoms with Crippen molar-refractivity contribution in [3.8, 4) is 0 Å². The van der Waals surface area contributed by atoms with Crippen LogP contribution in [0, 0.1) is 0 Å². The molecule has 0 aromatic heterocycles. The highest BCUT2D eigenvalue weighted by molar-refractivity contribution is 5.32. The van der Waals surface area contributed by atoms with Crippen molar-refractivity contribution in [1.29, 1.82) is 0 Å². The van der Waals surface area contributed by atoms with Crippen LogP contribution >= 0.6 is 0 Å². The summed E-state index contributed by atoms with van der Waals surface area (Å²) < 4.78 is 0. The second kappa shape index (κ2) is 3.15. The predicted octanol–water partition coefficient (Wildman–Crippen LogP) is 2.46. The molecule has 70 valence electrons. The zero-order valence-corrected chi connectivity index (χ0v) is 8.43. The standard InChI is InChI=1S/C12H17N/c1-12(7-8-12)11-5-3-10(4-6-11)9-13-2/h3-6,13H,7-9H2,1-2H3. The first-order chi connectivity index (χ1) is 6.24. The largest absolute Gasteiger partial charge is 0.316 e. The molecular weight excluding hydrogens is 158 g/mol. The molecule has 0 spiro atoms. The van der Waals surface area contributed by atoms with E-state index in [0.717, 1.165) is 6.54 Å². The summed E-state index contributed by atoms with van der Waals surface area (Å²) in [6.45, 7) is 3.32. The lowest BCUT2D eigenvalue weighted by Gasteiger charge is -2.09. The lowest BCUT2D eigenvalue weighted by Crippen LogP contribution is -2.05. The Labute approximate surface area is 80.2 Å². The summed E-state index contributed by atoms with van der Waals surface area (Å²) in [5.74, 6) is 0. The lowest BCUT2D eigenvalue weighted by atomic mass is 9.97. The lowest BCUT2D eigenvalue weighted by molar-refractivity contribution is 0.781. The summed E-state index contributed by atoms with van der Waals surface area (Å²) >= 11 is 0. The molecule has 0 amide bonds. The van der Waals surface area contributed by atoms with Crippen LogP contribution in [0.15, 0.2) is 24.3 Å². The first kappa shape index (κ1) is 8.76. The third-order valence-electron chi connectivity index (χ3n) is 3.03. The van der Waals surface area contributed by atoms with E-state index in [-0.39, 0.29) is 0 Å².